The molecule has 0 spiro atoms. The Morgan fingerprint density at radius 2 is 2.33 bits per heavy atom. The van der Waals surface area contributed by atoms with E-state index in [0.717, 1.165) is 18.8 Å². The lowest BCUT2D eigenvalue weighted by molar-refractivity contribution is 0.0500. The SMILES string of the molecule is CC(C)(C)OC(=O)NC1CCNC1c1ncc[nH]1. The summed E-state index contributed by atoms with van der Waals surface area (Å²) in [5, 5.41) is 6.20. The predicted octanol–water partition coefficient (Wildman–Crippen LogP) is 1.34. The zero-order valence-electron chi connectivity index (χ0n) is 11.0. The maximum Gasteiger partial charge on any atom is 0.407 e. The first-order valence-electron chi connectivity index (χ1n) is 6.18. The Bertz CT molecular complexity index is 397. The van der Waals surface area contributed by atoms with Gasteiger partial charge in [0, 0.05) is 12.4 Å². The minimum absolute atomic E-state index is 0.00556. The molecule has 6 nitrogen and oxygen atoms in total. The van der Waals surface area contributed by atoms with Gasteiger partial charge in [0.2, 0.25) is 0 Å². The molecule has 2 unspecified atom stereocenters. The second kappa shape index (κ2) is 4.97. The molecular weight excluding hydrogens is 232 g/mol. The van der Waals surface area contributed by atoms with Crippen LogP contribution < -0.4 is 10.6 Å². The van der Waals surface area contributed by atoms with Crippen molar-refractivity contribution >= 4 is 6.09 Å². The fraction of sp³-hybridized carbons (Fsp3) is 0.667. The Morgan fingerprint density at radius 3 is 2.94 bits per heavy atom. The number of aromatic amines is 1. The molecule has 0 bridgehead atoms. The molecule has 2 heterocycles. The van der Waals surface area contributed by atoms with Crippen molar-refractivity contribution in [2.45, 2.75) is 44.9 Å². The topological polar surface area (TPSA) is 79.0 Å². The summed E-state index contributed by atoms with van der Waals surface area (Å²) in [5.74, 6) is 0.841. The van der Waals surface area contributed by atoms with Gasteiger partial charge < -0.3 is 20.4 Å². The fourth-order valence-corrected chi connectivity index (χ4v) is 2.05. The number of ether oxygens (including phenoxy) is 1. The van der Waals surface area contributed by atoms with Crippen molar-refractivity contribution in [1.29, 1.82) is 0 Å². The van der Waals surface area contributed by atoms with Crippen molar-refractivity contribution in [3.63, 3.8) is 0 Å². The van der Waals surface area contributed by atoms with Crippen molar-refractivity contribution in [2.75, 3.05) is 6.54 Å². The van der Waals surface area contributed by atoms with Crippen molar-refractivity contribution in [2.24, 2.45) is 0 Å². The number of hydrogen-bond acceptors (Lipinski definition) is 4. The minimum Gasteiger partial charge on any atom is -0.444 e. The third kappa shape index (κ3) is 3.22. The van der Waals surface area contributed by atoms with Crippen LogP contribution in [0, 0.1) is 0 Å². The van der Waals surface area contributed by atoms with Gasteiger partial charge in [0.15, 0.2) is 0 Å². The molecule has 0 saturated carbocycles. The molecule has 0 aliphatic carbocycles. The van der Waals surface area contributed by atoms with Crippen LogP contribution in [0.2, 0.25) is 0 Å². The number of nitrogens with one attached hydrogen (secondary N) is 3. The second-order valence-corrected chi connectivity index (χ2v) is 5.45. The molecule has 6 heteroatoms. The average Bonchev–Trinajstić information content (AvgIpc) is 2.82. The Balaban J connectivity index is 1.94. The highest BCUT2D eigenvalue weighted by molar-refractivity contribution is 5.68. The van der Waals surface area contributed by atoms with Crippen LogP contribution in [0.4, 0.5) is 4.79 Å². The molecule has 1 amide bonds. The third-order valence-corrected chi connectivity index (χ3v) is 2.74. The number of amides is 1. The Labute approximate surface area is 107 Å². The molecule has 100 valence electrons. The lowest BCUT2D eigenvalue weighted by Crippen LogP contribution is -2.41. The number of rotatable bonds is 2. The summed E-state index contributed by atoms with van der Waals surface area (Å²) in [6.45, 7) is 6.41. The van der Waals surface area contributed by atoms with Gasteiger partial charge in [-0.3, -0.25) is 0 Å². The van der Waals surface area contributed by atoms with Gasteiger partial charge in [-0.2, -0.15) is 0 Å². The summed E-state index contributed by atoms with van der Waals surface area (Å²) in [5.41, 5.74) is -0.476. The minimum atomic E-state index is -0.476. The van der Waals surface area contributed by atoms with E-state index in [2.05, 4.69) is 20.6 Å². The summed E-state index contributed by atoms with van der Waals surface area (Å²) in [4.78, 5) is 19.0. The summed E-state index contributed by atoms with van der Waals surface area (Å²) in [7, 11) is 0. The van der Waals surface area contributed by atoms with Crippen LogP contribution in [0.1, 0.15) is 39.1 Å². The Kier molecular flexibility index (Phi) is 3.56. The first-order chi connectivity index (χ1) is 8.46. The maximum atomic E-state index is 11.7. The Hall–Kier alpha value is -1.56. The first-order valence-corrected chi connectivity index (χ1v) is 6.18. The van der Waals surface area contributed by atoms with Crippen LogP contribution >= 0.6 is 0 Å². The molecule has 2 atom stereocenters. The molecule has 1 aromatic heterocycles. The van der Waals surface area contributed by atoms with E-state index in [0.29, 0.717) is 0 Å². The summed E-state index contributed by atoms with van der Waals surface area (Å²) in [6.07, 6.45) is 3.97. The van der Waals surface area contributed by atoms with E-state index in [1.54, 1.807) is 12.4 Å². The highest BCUT2D eigenvalue weighted by atomic mass is 16.6. The van der Waals surface area contributed by atoms with Crippen LogP contribution in [0.15, 0.2) is 12.4 Å². The normalized spacial score (nSPS) is 23.9. The largest absolute Gasteiger partial charge is 0.444 e. The first kappa shape index (κ1) is 12.9. The Morgan fingerprint density at radius 1 is 1.56 bits per heavy atom. The molecule has 0 radical (unpaired) electrons. The number of carbonyl (C=O) groups is 1. The van der Waals surface area contributed by atoms with Crippen LogP contribution in [0.3, 0.4) is 0 Å². The van der Waals surface area contributed by atoms with Gasteiger partial charge in [0.1, 0.15) is 11.4 Å². The van der Waals surface area contributed by atoms with Crippen LogP contribution in [-0.4, -0.2) is 34.2 Å². The van der Waals surface area contributed by atoms with E-state index >= 15 is 0 Å². The summed E-state index contributed by atoms with van der Waals surface area (Å²) < 4.78 is 5.26. The number of hydrogen-bond donors (Lipinski definition) is 3. The van der Waals surface area contributed by atoms with E-state index < -0.39 is 5.60 Å². The van der Waals surface area contributed by atoms with Crippen molar-refractivity contribution in [3.8, 4) is 0 Å². The van der Waals surface area contributed by atoms with E-state index in [1.165, 1.54) is 0 Å². The maximum absolute atomic E-state index is 11.7. The average molecular weight is 252 g/mol. The van der Waals surface area contributed by atoms with E-state index in [-0.39, 0.29) is 18.2 Å². The number of H-pyrrole nitrogens is 1. The van der Waals surface area contributed by atoms with Gasteiger partial charge in [0.25, 0.3) is 0 Å². The highest BCUT2D eigenvalue weighted by Crippen LogP contribution is 2.21. The van der Waals surface area contributed by atoms with E-state index in [9.17, 15) is 4.79 Å². The lowest BCUT2D eigenvalue weighted by Gasteiger charge is -2.23. The lowest BCUT2D eigenvalue weighted by atomic mass is 10.1. The molecule has 1 fully saturated rings. The number of aromatic nitrogens is 2. The van der Waals surface area contributed by atoms with E-state index in [4.69, 9.17) is 4.74 Å². The standard InChI is InChI=1S/C12H20N4O2/c1-12(2,3)18-11(17)16-8-4-5-13-9(8)10-14-6-7-15-10/h6-9,13H,4-5H2,1-3H3,(H,14,15)(H,16,17). The number of alkyl carbamates (subject to hydrolysis) is 1. The quantitative estimate of drug-likeness (QED) is 0.742. The van der Waals surface area contributed by atoms with Crippen molar-refractivity contribution in [3.05, 3.63) is 18.2 Å². The van der Waals surface area contributed by atoms with Gasteiger partial charge in [0.05, 0.1) is 12.1 Å². The van der Waals surface area contributed by atoms with Gasteiger partial charge in [-0.15, -0.1) is 0 Å². The summed E-state index contributed by atoms with van der Waals surface area (Å²) >= 11 is 0. The monoisotopic (exact) mass is 252 g/mol. The van der Waals surface area contributed by atoms with E-state index in [1.807, 2.05) is 20.8 Å². The predicted molar refractivity (Wildman–Crippen MR) is 67.1 cm³/mol. The number of carbonyl (C=O) groups excluding carboxylic acids is 1. The molecule has 1 aliphatic rings. The van der Waals surface area contributed by atoms with Gasteiger partial charge in [-0.25, -0.2) is 9.78 Å². The van der Waals surface area contributed by atoms with Crippen molar-refractivity contribution < 1.29 is 9.53 Å². The van der Waals surface area contributed by atoms with Crippen molar-refractivity contribution in [1.82, 2.24) is 20.6 Å². The highest BCUT2D eigenvalue weighted by Gasteiger charge is 2.32. The second-order valence-electron chi connectivity index (χ2n) is 5.45. The van der Waals surface area contributed by atoms with Crippen LogP contribution in [0.5, 0.6) is 0 Å². The van der Waals surface area contributed by atoms with Crippen LogP contribution in [-0.2, 0) is 4.74 Å². The molecule has 1 aliphatic heterocycles. The smallest absolute Gasteiger partial charge is 0.407 e. The van der Waals surface area contributed by atoms with Gasteiger partial charge in [-0.05, 0) is 33.7 Å². The zero-order valence-corrected chi connectivity index (χ0v) is 11.0. The fourth-order valence-electron chi connectivity index (χ4n) is 2.05. The molecule has 1 saturated heterocycles. The third-order valence-electron chi connectivity index (χ3n) is 2.74. The molecule has 1 aromatic rings. The molecule has 0 aromatic carbocycles. The number of nitrogens with zero attached hydrogens (tertiary/aromatic N) is 1. The molecule has 2 rings (SSSR count). The van der Waals surface area contributed by atoms with Gasteiger partial charge in [-0.1, -0.05) is 0 Å². The molecular formula is C12H20N4O2. The molecule has 18 heavy (non-hydrogen) atoms. The zero-order chi connectivity index (χ0) is 13.2. The number of imidazole rings is 1. The van der Waals surface area contributed by atoms with Gasteiger partial charge >= 0.3 is 6.09 Å². The summed E-state index contributed by atoms with van der Waals surface area (Å²) in [6, 6.07) is 0.0264. The van der Waals surface area contributed by atoms with Crippen LogP contribution in [0.25, 0.3) is 0 Å². The molecule has 3 N–H and O–H groups in total.